The van der Waals surface area contributed by atoms with Crippen LogP contribution in [0.15, 0.2) is 29.2 Å². The lowest BCUT2D eigenvalue weighted by Gasteiger charge is -2.10. The molecule has 8 nitrogen and oxygen atoms in total. The van der Waals surface area contributed by atoms with E-state index in [9.17, 15) is 23.1 Å². The highest BCUT2D eigenvalue weighted by atomic mass is 32.2. The molecule has 0 saturated carbocycles. The van der Waals surface area contributed by atoms with Crippen LogP contribution in [0.5, 0.6) is 0 Å². The van der Waals surface area contributed by atoms with E-state index in [-0.39, 0.29) is 4.90 Å². The van der Waals surface area contributed by atoms with E-state index in [2.05, 4.69) is 10.2 Å². The molecule has 1 aliphatic rings. The molecular weight excluding hydrogens is 288 g/mol. The molecule has 0 radical (unpaired) electrons. The van der Waals surface area contributed by atoms with Gasteiger partial charge in [-0.25, -0.2) is 13.2 Å². The fourth-order valence-corrected chi connectivity index (χ4v) is 2.27. The van der Waals surface area contributed by atoms with Crippen molar-refractivity contribution in [2.45, 2.75) is 11.1 Å². The SMILES string of the molecule is CS(=O)(=O)c1ccc(NC(=O)C2C(=O)ONC2O)cc1. The highest BCUT2D eigenvalue weighted by Gasteiger charge is 2.41. The quantitative estimate of drug-likeness (QED) is 0.613. The molecule has 1 amide bonds. The minimum atomic E-state index is -3.32. The Morgan fingerprint density at radius 1 is 1.35 bits per heavy atom. The van der Waals surface area contributed by atoms with E-state index in [0.717, 1.165) is 6.26 Å². The monoisotopic (exact) mass is 300 g/mol. The maximum absolute atomic E-state index is 11.8. The predicted octanol–water partition coefficient (Wildman–Crippen LogP) is -0.975. The Bertz CT molecular complexity index is 639. The lowest BCUT2D eigenvalue weighted by Crippen LogP contribution is -2.36. The molecule has 1 aromatic rings. The zero-order valence-electron chi connectivity index (χ0n) is 10.4. The summed E-state index contributed by atoms with van der Waals surface area (Å²) >= 11 is 0. The smallest absolute Gasteiger partial charge is 0.341 e. The molecule has 0 spiro atoms. The van der Waals surface area contributed by atoms with Gasteiger partial charge in [-0.2, -0.15) is 0 Å². The van der Waals surface area contributed by atoms with Gasteiger partial charge in [-0.1, -0.05) is 0 Å². The van der Waals surface area contributed by atoms with Gasteiger partial charge in [0.2, 0.25) is 5.91 Å². The summed E-state index contributed by atoms with van der Waals surface area (Å²) in [7, 11) is -3.32. The van der Waals surface area contributed by atoms with Crippen molar-refractivity contribution in [1.82, 2.24) is 5.48 Å². The molecule has 9 heteroatoms. The van der Waals surface area contributed by atoms with Gasteiger partial charge < -0.3 is 15.3 Å². The minimum Gasteiger partial charge on any atom is -0.374 e. The number of nitrogens with one attached hydrogen (secondary N) is 2. The topological polar surface area (TPSA) is 122 Å². The van der Waals surface area contributed by atoms with Crippen LogP contribution < -0.4 is 10.8 Å². The van der Waals surface area contributed by atoms with Crippen LogP contribution in [0.1, 0.15) is 0 Å². The average molecular weight is 300 g/mol. The number of hydrogen-bond acceptors (Lipinski definition) is 7. The fraction of sp³-hybridized carbons (Fsp3) is 0.273. The maximum atomic E-state index is 11.8. The van der Waals surface area contributed by atoms with Crippen molar-refractivity contribution in [3.05, 3.63) is 24.3 Å². The number of hydroxylamine groups is 1. The number of carbonyl (C=O) groups is 2. The van der Waals surface area contributed by atoms with Crippen molar-refractivity contribution in [1.29, 1.82) is 0 Å². The molecule has 0 aliphatic carbocycles. The largest absolute Gasteiger partial charge is 0.374 e. The highest BCUT2D eigenvalue weighted by molar-refractivity contribution is 7.90. The van der Waals surface area contributed by atoms with Gasteiger partial charge in [0.05, 0.1) is 4.90 Å². The lowest BCUT2D eigenvalue weighted by atomic mass is 10.1. The number of aliphatic hydroxyl groups excluding tert-OH is 1. The molecule has 1 heterocycles. The first-order valence-corrected chi connectivity index (χ1v) is 7.43. The number of aliphatic hydroxyl groups is 1. The molecule has 1 aromatic carbocycles. The molecule has 1 aliphatic heterocycles. The second-order valence-corrected chi connectivity index (χ2v) is 6.26. The van der Waals surface area contributed by atoms with Crippen molar-refractivity contribution in [3.63, 3.8) is 0 Å². The lowest BCUT2D eigenvalue weighted by molar-refractivity contribution is -0.147. The van der Waals surface area contributed by atoms with Crippen molar-refractivity contribution in [2.75, 3.05) is 11.6 Å². The number of amides is 1. The zero-order valence-corrected chi connectivity index (χ0v) is 11.2. The number of benzene rings is 1. The van der Waals surface area contributed by atoms with Crippen LogP contribution in [0.4, 0.5) is 5.69 Å². The van der Waals surface area contributed by atoms with E-state index >= 15 is 0 Å². The number of anilines is 1. The summed E-state index contributed by atoms with van der Waals surface area (Å²) in [5.74, 6) is -3.01. The van der Waals surface area contributed by atoms with Gasteiger partial charge >= 0.3 is 5.97 Å². The molecular formula is C11H12N2O6S. The van der Waals surface area contributed by atoms with E-state index in [0.29, 0.717) is 5.69 Å². The van der Waals surface area contributed by atoms with Crippen LogP contribution in [-0.4, -0.2) is 37.9 Å². The molecule has 108 valence electrons. The van der Waals surface area contributed by atoms with Gasteiger partial charge in [0, 0.05) is 11.9 Å². The Labute approximate surface area is 114 Å². The Kier molecular flexibility index (Phi) is 3.75. The Morgan fingerprint density at radius 3 is 2.40 bits per heavy atom. The maximum Gasteiger partial charge on any atom is 0.341 e. The van der Waals surface area contributed by atoms with Crippen LogP contribution in [0.2, 0.25) is 0 Å². The second-order valence-electron chi connectivity index (χ2n) is 4.25. The average Bonchev–Trinajstić information content (AvgIpc) is 2.68. The predicted molar refractivity (Wildman–Crippen MR) is 66.9 cm³/mol. The molecule has 20 heavy (non-hydrogen) atoms. The summed E-state index contributed by atoms with van der Waals surface area (Å²) in [6.07, 6.45) is -0.352. The molecule has 2 rings (SSSR count). The van der Waals surface area contributed by atoms with Gasteiger partial charge in [0.1, 0.15) is 0 Å². The first-order valence-electron chi connectivity index (χ1n) is 5.54. The zero-order chi connectivity index (χ0) is 14.9. The molecule has 0 bridgehead atoms. The first-order chi connectivity index (χ1) is 9.29. The van der Waals surface area contributed by atoms with Crippen LogP contribution in [-0.2, 0) is 24.3 Å². The van der Waals surface area contributed by atoms with E-state index in [1.165, 1.54) is 24.3 Å². The second kappa shape index (κ2) is 5.19. The van der Waals surface area contributed by atoms with Gasteiger partial charge in [0.15, 0.2) is 22.0 Å². The summed E-state index contributed by atoms with van der Waals surface area (Å²) in [6, 6.07) is 5.42. The minimum absolute atomic E-state index is 0.109. The van der Waals surface area contributed by atoms with Crippen LogP contribution >= 0.6 is 0 Å². The summed E-state index contributed by atoms with van der Waals surface area (Å²) in [4.78, 5) is 27.4. The first kappa shape index (κ1) is 14.4. The van der Waals surface area contributed by atoms with Crippen molar-refractivity contribution in [3.8, 4) is 0 Å². The number of hydrogen-bond donors (Lipinski definition) is 3. The highest BCUT2D eigenvalue weighted by Crippen LogP contribution is 2.17. The molecule has 1 saturated heterocycles. The molecule has 2 atom stereocenters. The van der Waals surface area contributed by atoms with Crippen LogP contribution in [0.3, 0.4) is 0 Å². The van der Waals surface area contributed by atoms with E-state index in [1.807, 2.05) is 5.48 Å². The Hall–Kier alpha value is -1.97. The summed E-state index contributed by atoms with van der Waals surface area (Å²) in [5, 5.41) is 11.8. The molecule has 3 N–H and O–H groups in total. The van der Waals surface area contributed by atoms with E-state index in [1.54, 1.807) is 0 Å². The summed E-state index contributed by atoms with van der Waals surface area (Å²) in [5.41, 5.74) is 2.28. The third kappa shape index (κ3) is 2.95. The molecule has 1 fully saturated rings. The van der Waals surface area contributed by atoms with Crippen molar-refractivity contribution in [2.24, 2.45) is 5.92 Å². The number of carbonyl (C=O) groups excluding carboxylic acids is 2. The van der Waals surface area contributed by atoms with Crippen LogP contribution in [0, 0.1) is 5.92 Å². The summed E-state index contributed by atoms with van der Waals surface area (Å²) in [6.45, 7) is 0. The van der Waals surface area contributed by atoms with Crippen molar-refractivity contribution >= 4 is 27.4 Å². The van der Waals surface area contributed by atoms with E-state index in [4.69, 9.17) is 0 Å². The van der Waals surface area contributed by atoms with E-state index < -0.39 is 33.9 Å². The Morgan fingerprint density at radius 2 is 1.95 bits per heavy atom. The number of rotatable bonds is 3. The van der Waals surface area contributed by atoms with Gasteiger partial charge in [-0.15, -0.1) is 5.48 Å². The van der Waals surface area contributed by atoms with Crippen molar-refractivity contribution < 1.29 is 28.0 Å². The normalized spacial score (nSPS) is 22.4. The van der Waals surface area contributed by atoms with Gasteiger partial charge in [-0.05, 0) is 24.3 Å². The Balaban J connectivity index is 2.11. The standard InChI is InChI=1S/C11H12N2O6S/c1-20(17,18)7-4-2-6(3-5-7)12-9(14)8-10(15)13-19-11(8)16/h2-5,8,10,13,15H,1H3,(H,12,14). The fourth-order valence-electron chi connectivity index (χ4n) is 1.63. The number of sulfone groups is 1. The van der Waals surface area contributed by atoms with Gasteiger partial charge in [0.25, 0.3) is 0 Å². The van der Waals surface area contributed by atoms with Gasteiger partial charge in [-0.3, -0.25) is 4.79 Å². The third-order valence-corrected chi connectivity index (χ3v) is 3.81. The molecule has 0 aromatic heterocycles. The summed E-state index contributed by atoms with van der Waals surface area (Å²) < 4.78 is 22.5. The molecule has 2 unspecified atom stereocenters. The van der Waals surface area contributed by atoms with Crippen LogP contribution in [0.25, 0.3) is 0 Å². The third-order valence-electron chi connectivity index (χ3n) is 2.68.